The van der Waals surface area contributed by atoms with Crippen molar-refractivity contribution in [2.45, 2.75) is 0 Å². The van der Waals surface area contributed by atoms with Crippen molar-refractivity contribution in [2.75, 3.05) is 0 Å². The number of hydrogen-bond acceptors (Lipinski definition) is 2. The lowest BCUT2D eigenvalue weighted by Gasteiger charge is -2.13. The average Bonchev–Trinajstić information content (AvgIpc) is 2.69. The zero-order chi connectivity index (χ0) is 17.1. The van der Waals surface area contributed by atoms with Crippen LogP contribution in [0.25, 0.3) is 21.9 Å². The van der Waals surface area contributed by atoms with Crippen LogP contribution in [0.3, 0.4) is 0 Å². The van der Waals surface area contributed by atoms with E-state index < -0.39 is 0 Å². The molecule has 120 valence electrons. The summed E-state index contributed by atoms with van der Waals surface area (Å²) in [5.74, 6) is 0.243. The standard InChI is InChI=1S/C23H16O2/c24-23(19-12-5-2-6-13-19)25-22-20-14-8-7-11-18(20)15-16-21(22)17-9-3-1-4-10-17/h1-16H. The van der Waals surface area contributed by atoms with Gasteiger partial charge in [-0.05, 0) is 29.1 Å². The zero-order valence-electron chi connectivity index (χ0n) is 13.6. The molecule has 4 aromatic carbocycles. The Kier molecular flexibility index (Phi) is 4.01. The van der Waals surface area contributed by atoms with E-state index in [1.807, 2.05) is 78.9 Å². The lowest BCUT2D eigenvalue weighted by atomic mass is 9.99. The molecule has 0 saturated heterocycles. The normalized spacial score (nSPS) is 10.6. The van der Waals surface area contributed by atoms with Crippen LogP contribution in [-0.2, 0) is 0 Å². The maximum atomic E-state index is 12.6. The third-order valence-electron chi connectivity index (χ3n) is 4.17. The van der Waals surface area contributed by atoms with Gasteiger partial charge < -0.3 is 4.74 Å². The van der Waals surface area contributed by atoms with Crippen molar-refractivity contribution in [1.82, 2.24) is 0 Å². The van der Waals surface area contributed by atoms with E-state index in [4.69, 9.17) is 4.74 Å². The van der Waals surface area contributed by atoms with Gasteiger partial charge in [-0.25, -0.2) is 4.79 Å². The summed E-state index contributed by atoms with van der Waals surface area (Å²) in [7, 11) is 0. The lowest BCUT2D eigenvalue weighted by Crippen LogP contribution is -2.09. The average molecular weight is 324 g/mol. The second-order valence-corrected chi connectivity index (χ2v) is 5.78. The van der Waals surface area contributed by atoms with E-state index in [0.29, 0.717) is 11.3 Å². The van der Waals surface area contributed by atoms with Gasteiger partial charge in [-0.15, -0.1) is 0 Å². The Morgan fingerprint density at radius 1 is 0.640 bits per heavy atom. The molecule has 2 heteroatoms. The summed E-state index contributed by atoms with van der Waals surface area (Å²) in [6.45, 7) is 0. The maximum Gasteiger partial charge on any atom is 0.343 e. The molecule has 0 aliphatic heterocycles. The molecule has 4 rings (SSSR count). The highest BCUT2D eigenvalue weighted by Gasteiger charge is 2.15. The smallest absolute Gasteiger partial charge is 0.343 e. The minimum atomic E-state index is -0.353. The summed E-state index contributed by atoms with van der Waals surface area (Å²) in [6.07, 6.45) is 0. The number of carbonyl (C=O) groups is 1. The molecule has 4 aromatic rings. The highest BCUT2D eigenvalue weighted by atomic mass is 16.5. The Bertz CT molecular complexity index is 1020. The summed E-state index contributed by atoms with van der Waals surface area (Å²) in [5, 5.41) is 1.96. The number of carbonyl (C=O) groups excluding carboxylic acids is 1. The Morgan fingerprint density at radius 3 is 2.04 bits per heavy atom. The van der Waals surface area contributed by atoms with Crippen LogP contribution < -0.4 is 4.74 Å². The molecule has 0 aliphatic rings. The maximum absolute atomic E-state index is 12.6. The Balaban J connectivity index is 1.86. The summed E-state index contributed by atoms with van der Waals surface area (Å²) in [6, 6.07) is 31.0. The molecule has 0 aromatic heterocycles. The number of ether oxygens (including phenoxy) is 1. The minimum Gasteiger partial charge on any atom is -0.422 e. The first kappa shape index (κ1) is 15.2. The predicted molar refractivity (Wildman–Crippen MR) is 101 cm³/mol. The second-order valence-electron chi connectivity index (χ2n) is 5.78. The summed E-state index contributed by atoms with van der Waals surface area (Å²) >= 11 is 0. The number of esters is 1. The van der Waals surface area contributed by atoms with Crippen molar-refractivity contribution < 1.29 is 9.53 Å². The quantitative estimate of drug-likeness (QED) is 0.355. The van der Waals surface area contributed by atoms with E-state index in [1.165, 1.54) is 0 Å². The van der Waals surface area contributed by atoms with Crippen molar-refractivity contribution in [3.05, 3.63) is 103 Å². The van der Waals surface area contributed by atoms with E-state index >= 15 is 0 Å². The topological polar surface area (TPSA) is 26.3 Å². The van der Waals surface area contributed by atoms with Crippen molar-refractivity contribution >= 4 is 16.7 Å². The van der Waals surface area contributed by atoms with Crippen molar-refractivity contribution in [2.24, 2.45) is 0 Å². The van der Waals surface area contributed by atoms with E-state index in [1.54, 1.807) is 12.1 Å². The molecule has 0 saturated carbocycles. The molecule has 0 N–H and O–H groups in total. The third-order valence-corrected chi connectivity index (χ3v) is 4.17. The first-order chi connectivity index (χ1) is 12.3. The van der Waals surface area contributed by atoms with Gasteiger partial charge in [0.15, 0.2) is 0 Å². The second kappa shape index (κ2) is 6.62. The molecule has 0 atom stereocenters. The number of benzene rings is 4. The molecule has 0 radical (unpaired) electrons. The van der Waals surface area contributed by atoms with Crippen LogP contribution in [0.1, 0.15) is 10.4 Å². The highest BCUT2D eigenvalue weighted by Crippen LogP contribution is 2.37. The van der Waals surface area contributed by atoms with E-state index in [0.717, 1.165) is 21.9 Å². The van der Waals surface area contributed by atoms with Crippen LogP contribution >= 0.6 is 0 Å². The minimum absolute atomic E-state index is 0.353. The van der Waals surface area contributed by atoms with Gasteiger partial charge in [-0.3, -0.25) is 0 Å². The monoisotopic (exact) mass is 324 g/mol. The molecule has 0 spiro atoms. The molecule has 0 unspecified atom stereocenters. The fourth-order valence-electron chi connectivity index (χ4n) is 2.92. The Labute approximate surface area is 146 Å². The van der Waals surface area contributed by atoms with Gasteiger partial charge in [0.1, 0.15) is 5.75 Å². The lowest BCUT2D eigenvalue weighted by molar-refractivity contribution is 0.0738. The van der Waals surface area contributed by atoms with Gasteiger partial charge >= 0.3 is 5.97 Å². The van der Waals surface area contributed by atoms with Crippen LogP contribution in [0.2, 0.25) is 0 Å². The van der Waals surface area contributed by atoms with Gasteiger partial charge in [0.25, 0.3) is 0 Å². The molecule has 0 aliphatic carbocycles. The van der Waals surface area contributed by atoms with Gasteiger partial charge in [-0.2, -0.15) is 0 Å². The van der Waals surface area contributed by atoms with Gasteiger partial charge in [-0.1, -0.05) is 78.9 Å². The van der Waals surface area contributed by atoms with Crippen molar-refractivity contribution in [3.63, 3.8) is 0 Å². The van der Waals surface area contributed by atoms with E-state index in [2.05, 4.69) is 6.07 Å². The fraction of sp³-hybridized carbons (Fsp3) is 0. The SMILES string of the molecule is O=C(Oc1c(-c2ccccc2)ccc2ccccc12)c1ccccc1. The number of fused-ring (bicyclic) bond motifs is 1. The zero-order valence-corrected chi connectivity index (χ0v) is 13.6. The van der Waals surface area contributed by atoms with Crippen LogP contribution in [-0.4, -0.2) is 5.97 Å². The highest BCUT2D eigenvalue weighted by molar-refractivity contribution is 5.99. The van der Waals surface area contributed by atoms with E-state index in [9.17, 15) is 4.79 Å². The van der Waals surface area contributed by atoms with Gasteiger partial charge in [0, 0.05) is 10.9 Å². The number of hydrogen-bond donors (Lipinski definition) is 0. The van der Waals surface area contributed by atoms with Crippen LogP contribution in [0.15, 0.2) is 97.1 Å². The molecule has 0 fully saturated rings. The molecule has 0 bridgehead atoms. The Hall–Kier alpha value is -3.39. The Morgan fingerprint density at radius 2 is 1.28 bits per heavy atom. The fourth-order valence-corrected chi connectivity index (χ4v) is 2.92. The molecular weight excluding hydrogens is 308 g/mol. The van der Waals surface area contributed by atoms with E-state index in [-0.39, 0.29) is 5.97 Å². The van der Waals surface area contributed by atoms with Gasteiger partial charge in [0.2, 0.25) is 0 Å². The van der Waals surface area contributed by atoms with Crippen LogP contribution in [0.5, 0.6) is 5.75 Å². The first-order valence-electron chi connectivity index (χ1n) is 8.17. The molecule has 25 heavy (non-hydrogen) atoms. The summed E-state index contributed by atoms with van der Waals surface area (Å²) in [5.41, 5.74) is 2.46. The molecular formula is C23H16O2. The van der Waals surface area contributed by atoms with Crippen LogP contribution in [0.4, 0.5) is 0 Å². The number of rotatable bonds is 3. The third kappa shape index (κ3) is 3.02. The summed E-state index contributed by atoms with van der Waals surface area (Å²) in [4.78, 5) is 12.6. The van der Waals surface area contributed by atoms with Gasteiger partial charge in [0.05, 0.1) is 5.56 Å². The largest absolute Gasteiger partial charge is 0.422 e. The molecule has 0 amide bonds. The van der Waals surface area contributed by atoms with Crippen molar-refractivity contribution in [3.8, 4) is 16.9 Å². The molecule has 0 heterocycles. The predicted octanol–water partition coefficient (Wildman–Crippen LogP) is 5.73. The molecule has 2 nitrogen and oxygen atoms in total. The van der Waals surface area contributed by atoms with Crippen LogP contribution in [0, 0.1) is 0 Å². The van der Waals surface area contributed by atoms with Crippen molar-refractivity contribution in [1.29, 1.82) is 0 Å². The summed E-state index contributed by atoms with van der Waals surface area (Å²) < 4.78 is 5.86. The first-order valence-corrected chi connectivity index (χ1v) is 8.17.